The first-order valence-corrected chi connectivity index (χ1v) is 9.84. The van der Waals surface area contributed by atoms with Gasteiger partial charge in [-0.1, -0.05) is 19.1 Å². The molecule has 0 saturated carbocycles. The van der Waals surface area contributed by atoms with Crippen molar-refractivity contribution in [1.29, 1.82) is 0 Å². The molecule has 1 heterocycles. The Labute approximate surface area is 176 Å². The summed E-state index contributed by atoms with van der Waals surface area (Å²) in [5.41, 5.74) is 3.44. The third-order valence-corrected chi connectivity index (χ3v) is 4.95. The van der Waals surface area contributed by atoms with Crippen LogP contribution in [0.15, 0.2) is 30.6 Å². The number of aromatic nitrogens is 2. The van der Waals surface area contributed by atoms with E-state index in [1.165, 1.54) is 17.3 Å². The number of amides is 2. The van der Waals surface area contributed by atoms with Gasteiger partial charge in [0.15, 0.2) is 12.3 Å². The number of nitrogens with zero attached hydrogens (tertiary/aromatic N) is 3. The van der Waals surface area contributed by atoms with Gasteiger partial charge in [0.25, 0.3) is 5.91 Å². The van der Waals surface area contributed by atoms with Crippen molar-refractivity contribution < 1.29 is 19.1 Å². The zero-order valence-corrected chi connectivity index (χ0v) is 18.1. The van der Waals surface area contributed by atoms with Crippen LogP contribution in [0.4, 0.5) is 5.69 Å². The summed E-state index contributed by atoms with van der Waals surface area (Å²) in [5.74, 6) is -1.50. The molecule has 0 unspecified atom stereocenters. The van der Waals surface area contributed by atoms with Gasteiger partial charge in [0, 0.05) is 17.9 Å². The second-order valence-corrected chi connectivity index (χ2v) is 7.19. The molecule has 1 atom stereocenters. The number of hydrogen-bond donors (Lipinski definition) is 1. The van der Waals surface area contributed by atoms with Crippen LogP contribution in [0.1, 0.15) is 47.6 Å². The maximum Gasteiger partial charge on any atom is 0.359 e. The fourth-order valence-corrected chi connectivity index (χ4v) is 2.72. The molecule has 0 spiro atoms. The van der Waals surface area contributed by atoms with Crippen LogP contribution in [0, 0.1) is 20.8 Å². The van der Waals surface area contributed by atoms with Crippen molar-refractivity contribution in [3.63, 3.8) is 0 Å². The van der Waals surface area contributed by atoms with Crippen molar-refractivity contribution in [3.05, 3.63) is 53.1 Å². The standard InChI is InChI=1S/C22H28N4O4/c1-6-16(4)26(12-20(27)25-18-9-7-8-14(2)17(18)5)21(28)13-30-22(29)19-11-23-15(3)10-24-19/h7-11,16H,6,12-13H2,1-5H3,(H,25,27)/t16-/m0/s1. The van der Waals surface area contributed by atoms with Crippen LogP contribution < -0.4 is 5.32 Å². The summed E-state index contributed by atoms with van der Waals surface area (Å²) in [7, 11) is 0. The topological polar surface area (TPSA) is 101 Å². The number of anilines is 1. The molecule has 1 aromatic heterocycles. The third kappa shape index (κ3) is 6.10. The molecule has 8 nitrogen and oxygen atoms in total. The lowest BCUT2D eigenvalue weighted by molar-refractivity contribution is -0.139. The van der Waals surface area contributed by atoms with Crippen molar-refractivity contribution in [3.8, 4) is 0 Å². The number of hydrogen-bond acceptors (Lipinski definition) is 6. The van der Waals surface area contributed by atoms with Gasteiger partial charge in [-0.15, -0.1) is 0 Å². The van der Waals surface area contributed by atoms with E-state index in [0.29, 0.717) is 17.8 Å². The first kappa shape index (κ1) is 23.0. The summed E-state index contributed by atoms with van der Waals surface area (Å²) < 4.78 is 5.08. The quantitative estimate of drug-likeness (QED) is 0.669. The molecule has 0 fully saturated rings. The van der Waals surface area contributed by atoms with Crippen molar-refractivity contribution >= 4 is 23.5 Å². The van der Waals surface area contributed by atoms with Crippen LogP contribution in [-0.4, -0.2) is 51.8 Å². The molecular weight excluding hydrogens is 384 g/mol. The zero-order valence-electron chi connectivity index (χ0n) is 18.1. The van der Waals surface area contributed by atoms with Gasteiger partial charge in [0.1, 0.15) is 6.54 Å². The zero-order chi connectivity index (χ0) is 22.3. The summed E-state index contributed by atoms with van der Waals surface area (Å²) >= 11 is 0. The molecule has 0 aliphatic heterocycles. The second-order valence-electron chi connectivity index (χ2n) is 7.19. The van der Waals surface area contributed by atoms with Gasteiger partial charge in [-0.2, -0.15) is 0 Å². The van der Waals surface area contributed by atoms with Gasteiger partial charge in [-0.3, -0.25) is 14.6 Å². The Bertz CT molecular complexity index is 912. The molecular formula is C22H28N4O4. The average molecular weight is 412 g/mol. The van der Waals surface area contributed by atoms with E-state index in [1.807, 2.05) is 45.9 Å². The fraction of sp³-hybridized carbons (Fsp3) is 0.409. The molecule has 0 bridgehead atoms. The predicted octanol–water partition coefficient (Wildman–Crippen LogP) is 2.82. The highest BCUT2D eigenvalue weighted by atomic mass is 16.5. The van der Waals surface area contributed by atoms with Crippen LogP contribution >= 0.6 is 0 Å². The smallest absolute Gasteiger partial charge is 0.359 e. The Morgan fingerprint density at radius 1 is 1.13 bits per heavy atom. The van der Waals surface area contributed by atoms with Gasteiger partial charge < -0.3 is 15.0 Å². The summed E-state index contributed by atoms with van der Waals surface area (Å²) in [5, 5.41) is 2.85. The van der Waals surface area contributed by atoms with Gasteiger partial charge in [0.2, 0.25) is 5.91 Å². The number of ether oxygens (including phenoxy) is 1. The number of nitrogens with one attached hydrogen (secondary N) is 1. The van der Waals surface area contributed by atoms with Crippen molar-refractivity contribution in [1.82, 2.24) is 14.9 Å². The van der Waals surface area contributed by atoms with E-state index < -0.39 is 18.5 Å². The summed E-state index contributed by atoms with van der Waals surface area (Å²) in [6.45, 7) is 8.79. The lowest BCUT2D eigenvalue weighted by Crippen LogP contribution is -2.45. The minimum absolute atomic E-state index is 0.0242. The Balaban J connectivity index is 2.00. The van der Waals surface area contributed by atoms with E-state index in [4.69, 9.17) is 4.74 Å². The molecule has 160 valence electrons. The first-order valence-electron chi connectivity index (χ1n) is 9.84. The second kappa shape index (κ2) is 10.5. The van der Waals surface area contributed by atoms with Crippen LogP contribution in [-0.2, 0) is 14.3 Å². The maximum atomic E-state index is 12.7. The SMILES string of the molecule is CC[C@H](C)N(CC(=O)Nc1cccc(C)c1C)C(=O)COC(=O)c1cnc(C)cn1. The molecule has 8 heteroatoms. The highest BCUT2D eigenvalue weighted by Crippen LogP contribution is 2.18. The molecule has 0 radical (unpaired) electrons. The highest BCUT2D eigenvalue weighted by molar-refractivity contribution is 5.96. The summed E-state index contributed by atoms with van der Waals surface area (Å²) in [6.07, 6.45) is 3.40. The largest absolute Gasteiger partial charge is 0.451 e. The lowest BCUT2D eigenvalue weighted by atomic mass is 10.1. The molecule has 2 aromatic rings. The van der Waals surface area contributed by atoms with Crippen molar-refractivity contribution in [2.24, 2.45) is 0 Å². The van der Waals surface area contributed by atoms with E-state index in [-0.39, 0.29) is 24.2 Å². The van der Waals surface area contributed by atoms with E-state index >= 15 is 0 Å². The molecule has 30 heavy (non-hydrogen) atoms. The molecule has 0 saturated heterocycles. The van der Waals surface area contributed by atoms with Gasteiger partial charge in [-0.25, -0.2) is 9.78 Å². The molecule has 0 aliphatic carbocycles. The average Bonchev–Trinajstić information content (AvgIpc) is 2.73. The van der Waals surface area contributed by atoms with E-state index in [0.717, 1.165) is 11.1 Å². The fourth-order valence-electron chi connectivity index (χ4n) is 2.72. The molecule has 1 N–H and O–H groups in total. The van der Waals surface area contributed by atoms with Gasteiger partial charge in [-0.05, 0) is 51.3 Å². The number of esters is 1. The maximum absolute atomic E-state index is 12.7. The van der Waals surface area contributed by atoms with Crippen LogP contribution in [0.3, 0.4) is 0 Å². The Morgan fingerprint density at radius 2 is 1.87 bits per heavy atom. The van der Waals surface area contributed by atoms with Crippen LogP contribution in [0.5, 0.6) is 0 Å². The lowest BCUT2D eigenvalue weighted by Gasteiger charge is -2.28. The highest BCUT2D eigenvalue weighted by Gasteiger charge is 2.24. The molecule has 1 aromatic carbocycles. The third-order valence-electron chi connectivity index (χ3n) is 4.95. The Morgan fingerprint density at radius 3 is 2.50 bits per heavy atom. The Hall–Kier alpha value is -3.29. The summed E-state index contributed by atoms with van der Waals surface area (Å²) in [6, 6.07) is 5.45. The monoisotopic (exact) mass is 412 g/mol. The number of aryl methyl sites for hydroxylation is 2. The number of carbonyl (C=O) groups excluding carboxylic acids is 3. The molecule has 0 aliphatic rings. The van der Waals surface area contributed by atoms with E-state index in [9.17, 15) is 14.4 Å². The normalized spacial score (nSPS) is 11.5. The van der Waals surface area contributed by atoms with Crippen molar-refractivity contribution in [2.45, 2.75) is 47.1 Å². The van der Waals surface area contributed by atoms with Crippen LogP contribution in [0.25, 0.3) is 0 Å². The van der Waals surface area contributed by atoms with E-state index in [1.54, 1.807) is 6.92 Å². The first-order chi connectivity index (χ1) is 14.2. The minimum atomic E-state index is -0.736. The molecule has 2 amide bonds. The number of benzene rings is 1. The predicted molar refractivity (Wildman–Crippen MR) is 113 cm³/mol. The van der Waals surface area contributed by atoms with Gasteiger partial charge >= 0.3 is 5.97 Å². The summed E-state index contributed by atoms with van der Waals surface area (Å²) in [4.78, 5) is 46.7. The van der Waals surface area contributed by atoms with E-state index in [2.05, 4.69) is 15.3 Å². The minimum Gasteiger partial charge on any atom is -0.451 e. The van der Waals surface area contributed by atoms with Gasteiger partial charge in [0.05, 0.1) is 11.9 Å². The number of rotatable bonds is 8. The number of carbonyl (C=O) groups is 3. The van der Waals surface area contributed by atoms with Crippen LogP contribution in [0.2, 0.25) is 0 Å². The van der Waals surface area contributed by atoms with Crippen molar-refractivity contribution in [2.75, 3.05) is 18.5 Å². The molecule has 2 rings (SSSR count). The Kier molecular flexibility index (Phi) is 8.03.